The fraction of sp³-hybridized carbons (Fsp3) is 1.00. The molecule has 0 aliphatic heterocycles. The zero-order chi connectivity index (χ0) is 18.1. The summed E-state index contributed by atoms with van der Waals surface area (Å²) in [6.07, 6.45) is 30.5. The topological polar surface area (TPSA) is 0 Å². The van der Waals surface area contributed by atoms with E-state index in [-0.39, 0.29) is 0 Å². The molecule has 0 unspecified atom stereocenters. The summed E-state index contributed by atoms with van der Waals surface area (Å²) >= 11 is 0.441. The maximum atomic E-state index is 2.57. The molecule has 0 N–H and O–H groups in total. The summed E-state index contributed by atoms with van der Waals surface area (Å²) in [5, 5.41) is 0. The molecule has 0 amide bonds. The monoisotopic (exact) mass is 580 g/mol. The maximum absolute atomic E-state index is 2.57. The van der Waals surface area contributed by atoms with E-state index in [0.29, 0.717) is 0 Å². The molecule has 3 aliphatic rings. The van der Waals surface area contributed by atoms with Crippen LogP contribution in [0, 0.1) is 0 Å². The van der Waals surface area contributed by atoms with Crippen LogP contribution < -0.4 is 0 Å². The Morgan fingerprint density at radius 2 is 0.885 bits per heavy atom. The van der Waals surface area contributed by atoms with E-state index in [1.54, 1.807) is 109 Å². The van der Waals surface area contributed by atoms with E-state index < -0.39 is 18.4 Å². The minimum atomic E-state index is -2.13. The summed E-state index contributed by atoms with van der Waals surface area (Å²) in [4.78, 5) is 0. The van der Waals surface area contributed by atoms with Gasteiger partial charge in [0.25, 0.3) is 0 Å². The molecule has 3 aliphatic carbocycles. The molecule has 2 heteroatoms. The number of unbranched alkanes of at least 4 members (excludes halogenated alkanes) is 3. The van der Waals surface area contributed by atoms with Crippen LogP contribution >= 0.6 is 22.6 Å². The zero-order valence-corrected chi connectivity index (χ0v) is 22.5. The molecule has 3 saturated carbocycles. The number of halogens is 1. The third-order valence-corrected chi connectivity index (χ3v) is 30.8. The van der Waals surface area contributed by atoms with E-state index in [9.17, 15) is 0 Å². The Morgan fingerprint density at radius 1 is 0.500 bits per heavy atom. The van der Waals surface area contributed by atoms with Crippen LogP contribution in [-0.2, 0) is 0 Å². The summed E-state index contributed by atoms with van der Waals surface area (Å²) in [5.41, 5.74) is 0. The van der Waals surface area contributed by atoms with Crippen molar-refractivity contribution >= 4 is 41.0 Å². The summed E-state index contributed by atoms with van der Waals surface area (Å²) < 4.78 is 7.09. The number of rotatable bonds is 9. The van der Waals surface area contributed by atoms with Gasteiger partial charge < -0.3 is 0 Å². The third-order valence-electron chi connectivity index (χ3n) is 8.59. The van der Waals surface area contributed by atoms with Gasteiger partial charge in [-0.25, -0.2) is 0 Å². The van der Waals surface area contributed by atoms with Gasteiger partial charge in [-0.1, -0.05) is 0 Å². The molecule has 0 radical (unpaired) electrons. The molecule has 3 fully saturated rings. The van der Waals surface area contributed by atoms with Gasteiger partial charge in [0.1, 0.15) is 0 Å². The Balaban J connectivity index is 1.78. The zero-order valence-electron chi connectivity index (χ0n) is 17.5. The second-order valence-corrected chi connectivity index (χ2v) is 25.8. The van der Waals surface area contributed by atoms with Crippen molar-refractivity contribution in [1.29, 1.82) is 0 Å². The fourth-order valence-corrected chi connectivity index (χ4v) is 32.3. The van der Waals surface area contributed by atoms with Gasteiger partial charge in [0.2, 0.25) is 0 Å². The molecule has 0 spiro atoms. The standard InChI is InChI=1S/C6H12I.3C6H11.Sn/c1-2-3-4-5-6-7;3*1-2-4-6-5-3-1;/h1-6H2;3*1H,2-6H2;. The van der Waals surface area contributed by atoms with Crippen LogP contribution in [0.3, 0.4) is 0 Å². The molecule has 0 aromatic rings. The predicted molar refractivity (Wildman–Crippen MR) is 128 cm³/mol. The van der Waals surface area contributed by atoms with Crippen molar-refractivity contribution < 1.29 is 0 Å². The average molecular weight is 579 g/mol. The number of hydrogen-bond donors (Lipinski definition) is 0. The Bertz CT molecular complexity index is 319. The van der Waals surface area contributed by atoms with Crippen LogP contribution in [-0.4, -0.2) is 22.8 Å². The molecule has 3 rings (SSSR count). The summed E-state index contributed by atoms with van der Waals surface area (Å²) in [5.74, 6) is 0. The van der Waals surface area contributed by atoms with E-state index in [1.807, 2.05) is 4.44 Å². The van der Waals surface area contributed by atoms with Crippen molar-refractivity contribution in [3.63, 3.8) is 0 Å². The quantitative estimate of drug-likeness (QED) is 0.111. The molecule has 0 aromatic heterocycles. The molecule has 0 nitrogen and oxygen atoms in total. The van der Waals surface area contributed by atoms with Crippen LogP contribution in [0.1, 0.15) is 122 Å². The first-order valence-corrected chi connectivity index (χ1v) is 20.9. The number of hydrogen-bond acceptors (Lipinski definition) is 0. The van der Waals surface area contributed by atoms with E-state index in [4.69, 9.17) is 0 Å². The molecule has 0 saturated heterocycles. The molecule has 0 aromatic carbocycles. The van der Waals surface area contributed by atoms with Crippen LogP contribution in [0.15, 0.2) is 0 Å². The van der Waals surface area contributed by atoms with Gasteiger partial charge >= 0.3 is 184 Å². The molecule has 152 valence electrons. The second-order valence-electron chi connectivity index (χ2n) is 9.97. The van der Waals surface area contributed by atoms with Gasteiger partial charge in [-0.3, -0.25) is 0 Å². The van der Waals surface area contributed by atoms with Crippen LogP contribution in [0.2, 0.25) is 16.2 Å². The van der Waals surface area contributed by atoms with Crippen LogP contribution in [0.5, 0.6) is 0 Å². The van der Waals surface area contributed by atoms with Gasteiger partial charge in [0, 0.05) is 0 Å². The Kier molecular flexibility index (Phi) is 10.5. The fourth-order valence-electron chi connectivity index (χ4n) is 7.41. The normalized spacial score (nSPS) is 24.8. The van der Waals surface area contributed by atoms with Crippen molar-refractivity contribution in [2.45, 2.75) is 138 Å². The Hall–Kier alpha value is 1.53. The molecule has 0 bridgehead atoms. The van der Waals surface area contributed by atoms with Crippen molar-refractivity contribution in [3.8, 4) is 0 Å². The van der Waals surface area contributed by atoms with Gasteiger partial charge in [-0.05, 0) is 0 Å². The van der Waals surface area contributed by atoms with Crippen molar-refractivity contribution in [3.05, 3.63) is 0 Å². The van der Waals surface area contributed by atoms with Gasteiger partial charge in [-0.2, -0.15) is 0 Å². The van der Waals surface area contributed by atoms with Crippen molar-refractivity contribution in [2.75, 3.05) is 4.43 Å². The van der Waals surface area contributed by atoms with E-state index in [0.717, 1.165) is 0 Å². The van der Waals surface area contributed by atoms with Crippen molar-refractivity contribution in [2.24, 2.45) is 0 Å². The molecular weight excluding hydrogens is 534 g/mol. The molecular formula is C24H45ISn. The summed E-state index contributed by atoms with van der Waals surface area (Å²) in [6.45, 7) is 0. The van der Waals surface area contributed by atoms with Gasteiger partial charge in [0.05, 0.1) is 0 Å². The molecule has 26 heavy (non-hydrogen) atoms. The van der Waals surface area contributed by atoms with E-state index in [1.165, 1.54) is 29.1 Å². The van der Waals surface area contributed by atoms with Gasteiger partial charge in [-0.15, -0.1) is 0 Å². The first kappa shape index (κ1) is 22.2. The number of alkyl halides is 1. The molecule has 0 atom stereocenters. The third kappa shape index (κ3) is 5.78. The van der Waals surface area contributed by atoms with Crippen LogP contribution in [0.25, 0.3) is 0 Å². The Morgan fingerprint density at radius 3 is 1.27 bits per heavy atom. The van der Waals surface area contributed by atoms with Crippen molar-refractivity contribution in [1.82, 2.24) is 0 Å². The first-order chi connectivity index (χ1) is 12.9. The second kappa shape index (κ2) is 12.3. The van der Waals surface area contributed by atoms with E-state index >= 15 is 0 Å². The SMILES string of the molecule is ICCCCC[CH2][Sn]([CH]1CCCCC1)([CH]1CCCCC1)[CH]1CCCCC1. The van der Waals surface area contributed by atoms with E-state index in [2.05, 4.69) is 22.6 Å². The van der Waals surface area contributed by atoms with Crippen LogP contribution in [0.4, 0.5) is 0 Å². The first-order valence-electron chi connectivity index (χ1n) is 12.4. The Labute approximate surface area is 182 Å². The van der Waals surface area contributed by atoms with Gasteiger partial charge in [0.15, 0.2) is 0 Å². The summed E-state index contributed by atoms with van der Waals surface area (Å²) in [6, 6.07) is 0. The predicted octanol–water partition coefficient (Wildman–Crippen LogP) is 9.43. The summed E-state index contributed by atoms with van der Waals surface area (Å²) in [7, 11) is 0. The average Bonchev–Trinajstić information content (AvgIpc) is 2.73. The minimum absolute atomic E-state index is 1.30. The molecule has 0 heterocycles.